The summed E-state index contributed by atoms with van der Waals surface area (Å²) in [6.45, 7) is 4.37. The second kappa shape index (κ2) is 7.77. The molecular weight excluding hydrogens is 324 g/mol. The van der Waals surface area contributed by atoms with Gasteiger partial charge in [-0.25, -0.2) is 4.68 Å². The van der Waals surface area contributed by atoms with Crippen LogP contribution in [0.25, 0.3) is 0 Å². The van der Waals surface area contributed by atoms with Crippen molar-refractivity contribution in [2.75, 3.05) is 52.0 Å². The minimum absolute atomic E-state index is 0.0280. The van der Waals surface area contributed by atoms with E-state index < -0.39 is 0 Å². The number of amides is 2. The lowest BCUT2D eigenvalue weighted by Crippen LogP contribution is -2.45. The second-order valence-electron chi connectivity index (χ2n) is 6.86. The normalized spacial score (nSPS) is 22.7. The summed E-state index contributed by atoms with van der Waals surface area (Å²) >= 11 is 0. The lowest BCUT2D eigenvalue weighted by molar-refractivity contribution is -0.138. The van der Waals surface area contributed by atoms with Crippen molar-refractivity contribution >= 4 is 17.8 Å². The van der Waals surface area contributed by atoms with Crippen LogP contribution in [0, 0.1) is 5.92 Å². The molecule has 2 fully saturated rings. The van der Waals surface area contributed by atoms with Crippen molar-refractivity contribution in [1.29, 1.82) is 0 Å². The first kappa shape index (κ1) is 17.6. The predicted molar refractivity (Wildman–Crippen MR) is 90.2 cm³/mol. The molecule has 2 N–H and O–H groups in total. The first-order chi connectivity index (χ1) is 12.0. The summed E-state index contributed by atoms with van der Waals surface area (Å²) in [5, 5.41) is 10.7. The summed E-state index contributed by atoms with van der Waals surface area (Å²) < 4.78 is 1.29. The van der Waals surface area contributed by atoms with Crippen LogP contribution in [0.15, 0.2) is 0 Å². The second-order valence-corrected chi connectivity index (χ2v) is 6.86. The molecule has 138 valence electrons. The Morgan fingerprint density at radius 2 is 1.88 bits per heavy atom. The van der Waals surface area contributed by atoms with Gasteiger partial charge in [0.05, 0.1) is 5.92 Å². The third kappa shape index (κ3) is 4.25. The van der Waals surface area contributed by atoms with E-state index in [0.29, 0.717) is 26.2 Å². The molecule has 1 aromatic rings. The molecule has 2 saturated heterocycles. The van der Waals surface area contributed by atoms with Crippen molar-refractivity contribution in [3.63, 3.8) is 0 Å². The van der Waals surface area contributed by atoms with E-state index in [4.69, 9.17) is 5.73 Å². The molecule has 0 bridgehead atoms. The number of carbonyl (C=O) groups is 2. The molecule has 0 radical (unpaired) electrons. The quantitative estimate of drug-likeness (QED) is 0.717. The van der Waals surface area contributed by atoms with Crippen LogP contribution in [0.5, 0.6) is 0 Å². The van der Waals surface area contributed by atoms with Gasteiger partial charge in [-0.15, -0.1) is 0 Å². The molecule has 2 aliphatic heterocycles. The fourth-order valence-electron chi connectivity index (χ4n) is 3.57. The molecule has 3 heterocycles. The average molecular weight is 350 g/mol. The van der Waals surface area contributed by atoms with Crippen molar-refractivity contribution in [1.82, 2.24) is 34.9 Å². The number of hydrogen-bond donors (Lipinski definition) is 1. The zero-order valence-electron chi connectivity index (χ0n) is 14.7. The maximum atomic E-state index is 12.8. The van der Waals surface area contributed by atoms with Gasteiger partial charge in [-0.2, -0.15) is 0 Å². The van der Waals surface area contributed by atoms with Crippen LogP contribution in [0.2, 0.25) is 0 Å². The fourth-order valence-corrected chi connectivity index (χ4v) is 3.57. The minimum atomic E-state index is -0.0781. The van der Waals surface area contributed by atoms with Crippen LogP contribution in [-0.2, 0) is 16.1 Å². The Kier molecular flexibility index (Phi) is 5.47. The smallest absolute Gasteiger partial charge is 0.244 e. The number of tetrazole rings is 1. The van der Waals surface area contributed by atoms with Crippen LogP contribution >= 0.6 is 0 Å². The van der Waals surface area contributed by atoms with Crippen molar-refractivity contribution in [3.05, 3.63) is 0 Å². The highest BCUT2D eigenvalue weighted by Crippen LogP contribution is 2.19. The number of carbonyl (C=O) groups excluding carboxylic acids is 2. The Balaban J connectivity index is 1.54. The number of nitrogens with zero attached hydrogens (tertiary/aromatic N) is 7. The Labute approximate surface area is 146 Å². The average Bonchev–Trinajstić information content (AvgIpc) is 2.86. The molecule has 2 aliphatic rings. The number of piperidine rings is 1. The molecule has 0 aliphatic carbocycles. The number of nitrogens with two attached hydrogens (primary N) is 1. The van der Waals surface area contributed by atoms with E-state index in [2.05, 4.69) is 27.5 Å². The van der Waals surface area contributed by atoms with Gasteiger partial charge in [-0.05, 0) is 43.3 Å². The van der Waals surface area contributed by atoms with Gasteiger partial charge in [0.2, 0.25) is 17.8 Å². The zero-order valence-corrected chi connectivity index (χ0v) is 14.7. The highest BCUT2D eigenvalue weighted by molar-refractivity contribution is 5.80. The number of likely N-dealkylation sites (tertiary alicyclic amines) is 1. The van der Waals surface area contributed by atoms with E-state index in [0.717, 1.165) is 32.4 Å². The Morgan fingerprint density at radius 1 is 1.12 bits per heavy atom. The monoisotopic (exact) mass is 350 g/mol. The third-order valence-electron chi connectivity index (χ3n) is 4.98. The molecular formula is C15H26N8O2. The van der Waals surface area contributed by atoms with Crippen LogP contribution in [0.1, 0.15) is 19.3 Å². The largest absolute Gasteiger partial charge is 0.367 e. The van der Waals surface area contributed by atoms with E-state index in [-0.39, 0.29) is 30.2 Å². The number of anilines is 1. The standard InChI is InChI=1S/C15H26N8O2/c1-20-5-2-4-12(10-20)14(25)22-7-3-6-21(8-9-22)13(24)11-23-15(16)17-18-19-23/h12H,2-11H2,1H3,(H2,16,17,19). The molecule has 10 nitrogen and oxygen atoms in total. The van der Waals surface area contributed by atoms with Gasteiger partial charge in [-0.1, -0.05) is 5.10 Å². The molecule has 0 aromatic carbocycles. The van der Waals surface area contributed by atoms with Crippen molar-refractivity contribution < 1.29 is 9.59 Å². The number of nitrogen functional groups attached to an aromatic ring is 1. The van der Waals surface area contributed by atoms with Gasteiger partial charge in [0.25, 0.3) is 0 Å². The van der Waals surface area contributed by atoms with E-state index in [1.165, 1.54) is 4.68 Å². The Morgan fingerprint density at radius 3 is 2.60 bits per heavy atom. The molecule has 1 atom stereocenters. The van der Waals surface area contributed by atoms with Gasteiger partial charge >= 0.3 is 0 Å². The third-order valence-corrected chi connectivity index (χ3v) is 4.98. The first-order valence-corrected chi connectivity index (χ1v) is 8.81. The highest BCUT2D eigenvalue weighted by atomic mass is 16.2. The lowest BCUT2D eigenvalue weighted by atomic mass is 9.97. The van der Waals surface area contributed by atoms with Crippen LogP contribution in [0.4, 0.5) is 5.95 Å². The predicted octanol–water partition coefficient (Wildman–Crippen LogP) is -1.34. The van der Waals surface area contributed by atoms with Gasteiger partial charge < -0.3 is 20.4 Å². The summed E-state index contributed by atoms with van der Waals surface area (Å²) in [5.41, 5.74) is 5.60. The molecule has 3 rings (SSSR count). The van der Waals surface area contributed by atoms with E-state index in [9.17, 15) is 9.59 Å². The summed E-state index contributed by atoms with van der Waals surface area (Å²) in [4.78, 5) is 31.1. The molecule has 10 heteroatoms. The minimum Gasteiger partial charge on any atom is -0.367 e. The number of aromatic nitrogens is 4. The van der Waals surface area contributed by atoms with E-state index in [1.807, 2.05) is 4.90 Å². The van der Waals surface area contributed by atoms with E-state index in [1.54, 1.807) is 4.90 Å². The van der Waals surface area contributed by atoms with Gasteiger partial charge in [-0.3, -0.25) is 9.59 Å². The topological polar surface area (TPSA) is 113 Å². The summed E-state index contributed by atoms with van der Waals surface area (Å²) in [7, 11) is 2.06. The van der Waals surface area contributed by atoms with Crippen molar-refractivity contribution in [2.24, 2.45) is 5.92 Å². The summed E-state index contributed by atoms with van der Waals surface area (Å²) in [6.07, 6.45) is 2.81. The van der Waals surface area contributed by atoms with Crippen LogP contribution in [-0.4, -0.2) is 93.0 Å². The fraction of sp³-hybridized carbons (Fsp3) is 0.800. The SMILES string of the molecule is CN1CCCC(C(=O)N2CCCN(C(=O)Cn3nnnc3N)CC2)C1. The Bertz CT molecular complexity index is 618. The maximum Gasteiger partial charge on any atom is 0.244 e. The lowest BCUT2D eigenvalue weighted by Gasteiger charge is -2.32. The number of hydrogen-bond acceptors (Lipinski definition) is 7. The molecule has 25 heavy (non-hydrogen) atoms. The Hall–Kier alpha value is -2.23. The van der Waals surface area contributed by atoms with Gasteiger partial charge in [0.15, 0.2) is 0 Å². The molecule has 0 saturated carbocycles. The van der Waals surface area contributed by atoms with Crippen LogP contribution in [0.3, 0.4) is 0 Å². The first-order valence-electron chi connectivity index (χ1n) is 8.81. The van der Waals surface area contributed by atoms with Crippen molar-refractivity contribution in [3.8, 4) is 0 Å². The van der Waals surface area contributed by atoms with Gasteiger partial charge in [0, 0.05) is 32.7 Å². The molecule has 1 unspecified atom stereocenters. The molecule has 0 spiro atoms. The highest BCUT2D eigenvalue weighted by Gasteiger charge is 2.30. The van der Waals surface area contributed by atoms with E-state index >= 15 is 0 Å². The van der Waals surface area contributed by atoms with Crippen molar-refractivity contribution in [2.45, 2.75) is 25.8 Å². The molecule has 2 amide bonds. The summed E-state index contributed by atoms with van der Waals surface area (Å²) in [5.74, 6) is 0.361. The molecule has 1 aromatic heterocycles. The van der Waals surface area contributed by atoms with Gasteiger partial charge in [0.1, 0.15) is 6.54 Å². The maximum absolute atomic E-state index is 12.8. The number of rotatable bonds is 3. The van der Waals surface area contributed by atoms with Crippen LogP contribution < -0.4 is 5.73 Å². The zero-order chi connectivity index (χ0) is 17.8. The summed E-state index contributed by atoms with van der Waals surface area (Å²) in [6, 6.07) is 0.